The summed E-state index contributed by atoms with van der Waals surface area (Å²) >= 11 is 0. The number of piperazine rings is 1. The maximum atomic E-state index is 13.1. The van der Waals surface area contributed by atoms with Crippen LogP contribution in [0.1, 0.15) is 25.3 Å². The molecule has 0 radical (unpaired) electrons. The molecule has 0 bridgehead atoms. The van der Waals surface area contributed by atoms with E-state index in [1.165, 1.54) is 4.31 Å². The summed E-state index contributed by atoms with van der Waals surface area (Å²) in [4.78, 5) is 15.1. The van der Waals surface area contributed by atoms with E-state index < -0.39 is 10.0 Å². The van der Waals surface area contributed by atoms with Crippen LogP contribution in [0.25, 0.3) is 21.9 Å². The van der Waals surface area contributed by atoms with Crippen LogP contribution in [-0.2, 0) is 14.8 Å². The molecule has 194 valence electrons. The van der Waals surface area contributed by atoms with E-state index in [4.69, 9.17) is 9.15 Å². The average molecular weight is 522 g/mol. The third-order valence-corrected chi connectivity index (χ3v) is 8.77. The maximum absolute atomic E-state index is 13.1. The molecule has 3 aromatic carbocycles. The van der Waals surface area contributed by atoms with Crippen LogP contribution in [0.4, 0.5) is 5.69 Å². The summed E-state index contributed by atoms with van der Waals surface area (Å²) in [6.45, 7) is 5.90. The zero-order valence-electron chi connectivity index (χ0n) is 21.2. The summed E-state index contributed by atoms with van der Waals surface area (Å²) in [5, 5.41) is 4.83. The van der Waals surface area contributed by atoms with Gasteiger partial charge in [-0.1, -0.05) is 44.2 Å². The number of ether oxygens (including phenoxy) is 1. The predicted octanol–water partition coefficient (Wildman–Crippen LogP) is 4.66. The van der Waals surface area contributed by atoms with Crippen molar-refractivity contribution in [3.8, 4) is 5.75 Å². The van der Waals surface area contributed by atoms with Gasteiger partial charge in [0.1, 0.15) is 16.9 Å². The Morgan fingerprint density at radius 3 is 2.35 bits per heavy atom. The van der Waals surface area contributed by atoms with Crippen molar-refractivity contribution in [3.05, 3.63) is 66.2 Å². The number of carbonyl (C=O) groups is 1. The fourth-order valence-electron chi connectivity index (χ4n) is 4.71. The first kappa shape index (κ1) is 25.3. The van der Waals surface area contributed by atoms with Gasteiger partial charge in [0.2, 0.25) is 15.9 Å². The van der Waals surface area contributed by atoms with E-state index in [-0.39, 0.29) is 12.5 Å². The summed E-state index contributed by atoms with van der Waals surface area (Å²) in [7, 11) is -2.00. The lowest BCUT2D eigenvalue weighted by molar-refractivity contribution is -0.117. The molecule has 1 aromatic heterocycles. The monoisotopic (exact) mass is 521 g/mol. The number of nitrogens with zero attached hydrogens (tertiary/aromatic N) is 2. The number of rotatable bonds is 7. The van der Waals surface area contributed by atoms with Crippen LogP contribution in [0.2, 0.25) is 0 Å². The largest absolute Gasteiger partial charge is 0.495 e. The van der Waals surface area contributed by atoms with Gasteiger partial charge in [0.25, 0.3) is 0 Å². The molecule has 1 fully saturated rings. The topological polar surface area (TPSA) is 92.1 Å². The van der Waals surface area contributed by atoms with Crippen LogP contribution in [-0.4, -0.2) is 63.4 Å². The number of benzene rings is 3. The van der Waals surface area contributed by atoms with Crippen LogP contribution >= 0.6 is 0 Å². The molecule has 4 aromatic rings. The molecule has 0 spiro atoms. The molecule has 8 nitrogen and oxygen atoms in total. The molecule has 1 aliphatic rings. The van der Waals surface area contributed by atoms with E-state index in [0.717, 1.165) is 21.9 Å². The second-order valence-corrected chi connectivity index (χ2v) is 11.5. The Morgan fingerprint density at radius 1 is 0.973 bits per heavy atom. The van der Waals surface area contributed by atoms with Crippen molar-refractivity contribution in [3.63, 3.8) is 0 Å². The van der Waals surface area contributed by atoms with Crippen LogP contribution in [0, 0.1) is 0 Å². The van der Waals surface area contributed by atoms with E-state index in [0.29, 0.717) is 54.0 Å². The molecule has 5 rings (SSSR count). The van der Waals surface area contributed by atoms with Crippen LogP contribution in [0.3, 0.4) is 0 Å². The number of para-hydroxylation sites is 1. The Labute approximate surface area is 216 Å². The first-order chi connectivity index (χ1) is 17.8. The Bertz CT molecular complexity index is 1540. The lowest BCUT2D eigenvalue weighted by Gasteiger charge is -2.33. The molecule has 9 heteroatoms. The van der Waals surface area contributed by atoms with Gasteiger partial charge in [-0.2, -0.15) is 4.31 Å². The molecule has 0 unspecified atom stereocenters. The predicted molar refractivity (Wildman–Crippen MR) is 145 cm³/mol. The molecule has 1 saturated heterocycles. The number of nitrogens with one attached hydrogen (secondary N) is 1. The van der Waals surface area contributed by atoms with Gasteiger partial charge in [-0.3, -0.25) is 9.69 Å². The van der Waals surface area contributed by atoms with Gasteiger partial charge in [0, 0.05) is 43.0 Å². The number of furan rings is 1. The second kappa shape index (κ2) is 10.2. The number of fused-ring (bicyclic) bond motifs is 3. The molecule has 0 saturated carbocycles. The Morgan fingerprint density at radius 2 is 1.68 bits per heavy atom. The third kappa shape index (κ3) is 5.07. The number of methoxy groups -OCH3 is 1. The van der Waals surface area contributed by atoms with Crippen molar-refractivity contribution < 1.29 is 22.4 Å². The van der Waals surface area contributed by atoms with Crippen LogP contribution < -0.4 is 10.1 Å². The molecular weight excluding hydrogens is 490 g/mol. The number of carbonyl (C=O) groups excluding carboxylic acids is 1. The highest BCUT2D eigenvalue weighted by Gasteiger charge is 2.29. The highest BCUT2D eigenvalue weighted by molar-refractivity contribution is 7.89. The van der Waals surface area contributed by atoms with Crippen molar-refractivity contribution in [2.75, 3.05) is 45.2 Å². The minimum Gasteiger partial charge on any atom is -0.495 e. The Hall–Kier alpha value is -3.40. The third-order valence-electron chi connectivity index (χ3n) is 6.86. The lowest BCUT2D eigenvalue weighted by atomic mass is 10.0. The first-order valence-electron chi connectivity index (χ1n) is 12.4. The first-order valence-corrected chi connectivity index (χ1v) is 13.8. The summed E-state index contributed by atoms with van der Waals surface area (Å²) in [5.74, 6) is 0.688. The van der Waals surface area contributed by atoms with Crippen molar-refractivity contribution in [2.45, 2.75) is 24.7 Å². The van der Waals surface area contributed by atoms with Gasteiger partial charge in [-0.15, -0.1) is 0 Å². The van der Waals surface area contributed by atoms with Crippen molar-refractivity contribution >= 4 is 43.6 Å². The summed E-state index contributed by atoms with van der Waals surface area (Å²) < 4.78 is 39.1. The quantitative estimate of drug-likeness (QED) is 0.380. The second-order valence-electron chi connectivity index (χ2n) is 9.60. The molecule has 0 aliphatic carbocycles. The highest BCUT2D eigenvalue weighted by atomic mass is 32.2. The number of hydrogen-bond acceptors (Lipinski definition) is 6. The van der Waals surface area contributed by atoms with Crippen molar-refractivity contribution in [2.24, 2.45) is 0 Å². The standard InChI is InChI=1S/C28H31N3O5S/c1-19(2)20-8-10-21(11-9-20)37(33,34)31-14-12-30(13-15-31)18-28(32)29-24-17-26-23(16-27(24)35-3)22-6-4-5-7-25(22)36-26/h4-11,16-17,19H,12-15,18H2,1-3H3,(H,29,32). The number of amides is 1. The van der Waals surface area contributed by atoms with Crippen molar-refractivity contribution in [1.82, 2.24) is 9.21 Å². The lowest BCUT2D eigenvalue weighted by Crippen LogP contribution is -2.50. The van der Waals surface area contributed by atoms with E-state index >= 15 is 0 Å². The number of anilines is 1. The van der Waals surface area contributed by atoms with Gasteiger partial charge < -0.3 is 14.5 Å². The molecule has 37 heavy (non-hydrogen) atoms. The van der Waals surface area contributed by atoms with Gasteiger partial charge in [0.05, 0.1) is 24.2 Å². The molecule has 0 atom stereocenters. The maximum Gasteiger partial charge on any atom is 0.243 e. The molecule has 1 amide bonds. The van der Waals surface area contributed by atoms with E-state index in [2.05, 4.69) is 19.2 Å². The van der Waals surface area contributed by atoms with Crippen molar-refractivity contribution in [1.29, 1.82) is 0 Å². The minimum absolute atomic E-state index is 0.151. The van der Waals surface area contributed by atoms with Gasteiger partial charge >= 0.3 is 0 Å². The van der Waals surface area contributed by atoms with Crippen LogP contribution in [0.15, 0.2) is 70.0 Å². The van der Waals surface area contributed by atoms with Gasteiger partial charge in [-0.25, -0.2) is 8.42 Å². The van der Waals surface area contributed by atoms with E-state index in [1.807, 2.05) is 47.4 Å². The zero-order chi connectivity index (χ0) is 26.2. The number of sulfonamides is 1. The normalized spacial score (nSPS) is 15.5. The smallest absolute Gasteiger partial charge is 0.243 e. The highest BCUT2D eigenvalue weighted by Crippen LogP contribution is 2.36. The van der Waals surface area contributed by atoms with E-state index in [1.54, 1.807) is 25.3 Å². The average Bonchev–Trinajstić information content (AvgIpc) is 3.25. The molecular formula is C28H31N3O5S. The molecule has 1 aliphatic heterocycles. The fourth-order valence-corrected chi connectivity index (χ4v) is 6.13. The van der Waals surface area contributed by atoms with Gasteiger partial charge in [0.15, 0.2) is 0 Å². The van der Waals surface area contributed by atoms with E-state index in [9.17, 15) is 13.2 Å². The summed E-state index contributed by atoms with van der Waals surface area (Å²) in [6.07, 6.45) is 0. The zero-order valence-corrected chi connectivity index (χ0v) is 22.0. The summed E-state index contributed by atoms with van der Waals surface area (Å²) in [5.41, 5.74) is 3.07. The Balaban J connectivity index is 1.22. The summed E-state index contributed by atoms with van der Waals surface area (Å²) in [6, 6.07) is 18.5. The Kier molecular flexibility index (Phi) is 6.94. The van der Waals surface area contributed by atoms with Gasteiger partial charge in [-0.05, 0) is 35.7 Å². The molecule has 1 N–H and O–H groups in total. The number of hydrogen-bond donors (Lipinski definition) is 1. The van der Waals surface area contributed by atoms with Crippen LogP contribution in [0.5, 0.6) is 5.75 Å². The molecule has 2 heterocycles. The minimum atomic E-state index is -3.57. The SMILES string of the molecule is COc1cc2c(cc1NC(=O)CN1CCN(S(=O)(=O)c3ccc(C(C)C)cc3)CC1)oc1ccccc12. The fraction of sp³-hybridized carbons (Fsp3) is 0.321.